The van der Waals surface area contributed by atoms with E-state index in [1.165, 1.54) is 16.5 Å². The Morgan fingerprint density at radius 3 is 2.95 bits per heavy atom. The Kier molecular flexibility index (Phi) is 3.09. The van der Waals surface area contributed by atoms with E-state index >= 15 is 0 Å². The first-order valence-electron chi connectivity index (χ1n) is 6.52. The summed E-state index contributed by atoms with van der Waals surface area (Å²) in [5.41, 5.74) is 8.95. The topological polar surface area (TPSA) is 60.1 Å². The number of primary amides is 1. The van der Waals surface area contributed by atoms with Crippen LogP contribution in [0.5, 0.6) is 0 Å². The molecule has 0 atom stereocenters. The summed E-state index contributed by atoms with van der Waals surface area (Å²) in [6, 6.07) is 8.15. The molecule has 1 amide bonds. The summed E-state index contributed by atoms with van der Waals surface area (Å²) in [6.45, 7) is 2.14. The maximum atomic E-state index is 11.2. The zero-order valence-electron chi connectivity index (χ0n) is 10.7. The van der Waals surface area contributed by atoms with Crippen molar-refractivity contribution in [2.45, 2.75) is 13.0 Å². The summed E-state index contributed by atoms with van der Waals surface area (Å²) >= 11 is 0. The molecule has 1 aromatic carbocycles. The molecule has 2 aromatic rings. The minimum Gasteiger partial charge on any atom is -0.368 e. The molecule has 4 heteroatoms. The van der Waals surface area contributed by atoms with E-state index in [2.05, 4.69) is 17.5 Å². The van der Waals surface area contributed by atoms with Crippen LogP contribution in [-0.2, 0) is 11.3 Å². The van der Waals surface area contributed by atoms with Crippen molar-refractivity contribution in [2.24, 2.45) is 5.73 Å². The van der Waals surface area contributed by atoms with Gasteiger partial charge in [-0.3, -0.25) is 4.79 Å². The normalized spacial score (nSPS) is 15.5. The molecular weight excluding hydrogens is 238 g/mol. The lowest BCUT2D eigenvalue weighted by molar-refractivity contribution is -0.118. The van der Waals surface area contributed by atoms with Crippen molar-refractivity contribution >= 4 is 22.4 Å². The second kappa shape index (κ2) is 4.90. The number of rotatable bonds is 3. The maximum Gasteiger partial charge on any atom is 0.237 e. The molecule has 0 saturated heterocycles. The minimum absolute atomic E-state index is 0.228. The predicted molar refractivity (Wildman–Crippen MR) is 76.6 cm³/mol. The quantitative estimate of drug-likeness (QED) is 0.873. The highest BCUT2D eigenvalue weighted by Crippen LogP contribution is 2.29. The van der Waals surface area contributed by atoms with E-state index in [1.54, 1.807) is 0 Å². The Bertz CT molecular complexity index is 654. The van der Waals surface area contributed by atoms with Gasteiger partial charge in [0, 0.05) is 29.2 Å². The standard InChI is InChI=1S/C15H17N3O/c16-15(19)10-18-9-13(11-5-7-17-8-6-11)12-3-1-2-4-14(12)18/h1-5,9,17H,6-8,10H2,(H2,16,19). The molecule has 0 bridgehead atoms. The highest BCUT2D eigenvalue weighted by Gasteiger charge is 2.14. The number of nitrogens with zero attached hydrogens (tertiary/aromatic N) is 1. The fraction of sp³-hybridized carbons (Fsp3) is 0.267. The SMILES string of the molecule is NC(=O)Cn1cc(C2=CCNCC2)c2ccccc21. The number of nitrogens with one attached hydrogen (secondary N) is 1. The maximum absolute atomic E-state index is 11.2. The number of para-hydroxylation sites is 1. The van der Waals surface area contributed by atoms with Gasteiger partial charge in [0.2, 0.25) is 5.91 Å². The molecule has 0 fully saturated rings. The number of hydrogen-bond donors (Lipinski definition) is 2. The number of fused-ring (bicyclic) bond motifs is 1. The van der Waals surface area contributed by atoms with Crippen LogP contribution in [0.4, 0.5) is 0 Å². The van der Waals surface area contributed by atoms with Gasteiger partial charge in [-0.2, -0.15) is 0 Å². The average Bonchev–Trinajstić information content (AvgIpc) is 2.78. The molecule has 2 heterocycles. The molecule has 0 aliphatic carbocycles. The lowest BCUT2D eigenvalue weighted by Crippen LogP contribution is -2.20. The van der Waals surface area contributed by atoms with Crippen LogP contribution in [0.1, 0.15) is 12.0 Å². The lowest BCUT2D eigenvalue weighted by Gasteiger charge is -2.13. The minimum atomic E-state index is -0.313. The first-order valence-corrected chi connectivity index (χ1v) is 6.52. The third kappa shape index (κ3) is 2.27. The Hall–Kier alpha value is -2.07. The van der Waals surface area contributed by atoms with E-state index in [-0.39, 0.29) is 12.5 Å². The van der Waals surface area contributed by atoms with Crippen LogP contribution in [0.3, 0.4) is 0 Å². The van der Waals surface area contributed by atoms with Gasteiger partial charge in [-0.15, -0.1) is 0 Å². The molecule has 1 aliphatic heterocycles. The summed E-state index contributed by atoms with van der Waals surface area (Å²) in [5, 5.41) is 4.51. The average molecular weight is 255 g/mol. The van der Waals surface area contributed by atoms with Gasteiger partial charge in [0.1, 0.15) is 6.54 Å². The van der Waals surface area contributed by atoms with Crippen molar-refractivity contribution in [3.8, 4) is 0 Å². The van der Waals surface area contributed by atoms with E-state index < -0.39 is 0 Å². The number of nitrogens with two attached hydrogens (primary N) is 1. The van der Waals surface area contributed by atoms with Crippen molar-refractivity contribution in [3.05, 3.63) is 42.1 Å². The molecular formula is C15H17N3O. The summed E-state index contributed by atoms with van der Waals surface area (Å²) < 4.78 is 1.94. The van der Waals surface area contributed by atoms with Crippen molar-refractivity contribution in [2.75, 3.05) is 13.1 Å². The Labute approximate surface area is 111 Å². The van der Waals surface area contributed by atoms with Crippen molar-refractivity contribution in [1.29, 1.82) is 0 Å². The molecule has 0 radical (unpaired) electrons. The van der Waals surface area contributed by atoms with Crippen LogP contribution in [-0.4, -0.2) is 23.6 Å². The second-order valence-corrected chi connectivity index (χ2v) is 4.84. The first-order chi connectivity index (χ1) is 9.25. The van der Waals surface area contributed by atoms with E-state index in [9.17, 15) is 4.79 Å². The highest BCUT2D eigenvalue weighted by molar-refractivity contribution is 5.94. The van der Waals surface area contributed by atoms with Crippen LogP contribution in [0.2, 0.25) is 0 Å². The van der Waals surface area contributed by atoms with E-state index in [4.69, 9.17) is 5.73 Å². The number of hydrogen-bond acceptors (Lipinski definition) is 2. The van der Waals surface area contributed by atoms with E-state index in [1.807, 2.05) is 29.0 Å². The molecule has 0 unspecified atom stereocenters. The van der Waals surface area contributed by atoms with Gasteiger partial charge in [-0.1, -0.05) is 24.3 Å². The zero-order chi connectivity index (χ0) is 13.2. The number of carbonyl (C=O) groups is 1. The van der Waals surface area contributed by atoms with Crippen LogP contribution >= 0.6 is 0 Å². The van der Waals surface area contributed by atoms with Crippen LogP contribution in [0.15, 0.2) is 36.5 Å². The van der Waals surface area contributed by atoms with Gasteiger partial charge in [-0.05, 0) is 24.6 Å². The smallest absolute Gasteiger partial charge is 0.237 e. The summed E-state index contributed by atoms with van der Waals surface area (Å²) in [4.78, 5) is 11.2. The molecule has 3 rings (SSSR count). The molecule has 1 aliphatic rings. The number of amides is 1. The van der Waals surface area contributed by atoms with Gasteiger partial charge in [-0.25, -0.2) is 0 Å². The zero-order valence-corrected chi connectivity index (χ0v) is 10.7. The van der Waals surface area contributed by atoms with Gasteiger partial charge in [0.05, 0.1) is 0 Å². The highest BCUT2D eigenvalue weighted by atomic mass is 16.1. The summed E-state index contributed by atoms with van der Waals surface area (Å²) in [6.07, 6.45) is 5.29. The lowest BCUT2D eigenvalue weighted by atomic mass is 10.00. The second-order valence-electron chi connectivity index (χ2n) is 4.84. The van der Waals surface area contributed by atoms with Crippen LogP contribution < -0.4 is 11.1 Å². The fourth-order valence-corrected chi connectivity index (χ4v) is 2.67. The third-order valence-electron chi connectivity index (χ3n) is 3.52. The largest absolute Gasteiger partial charge is 0.368 e. The molecule has 1 aromatic heterocycles. The molecule has 19 heavy (non-hydrogen) atoms. The monoisotopic (exact) mass is 255 g/mol. The molecule has 0 saturated carbocycles. The Morgan fingerprint density at radius 1 is 1.37 bits per heavy atom. The van der Waals surface area contributed by atoms with E-state index in [0.29, 0.717) is 0 Å². The van der Waals surface area contributed by atoms with Crippen molar-refractivity contribution in [1.82, 2.24) is 9.88 Å². The number of benzene rings is 1. The fourth-order valence-electron chi connectivity index (χ4n) is 2.67. The Morgan fingerprint density at radius 2 is 2.21 bits per heavy atom. The van der Waals surface area contributed by atoms with Crippen molar-refractivity contribution in [3.63, 3.8) is 0 Å². The first kappa shape index (κ1) is 12.0. The third-order valence-corrected chi connectivity index (χ3v) is 3.52. The van der Waals surface area contributed by atoms with E-state index in [0.717, 1.165) is 25.0 Å². The van der Waals surface area contributed by atoms with Crippen molar-refractivity contribution < 1.29 is 4.79 Å². The Balaban J connectivity index is 2.14. The summed E-state index contributed by atoms with van der Waals surface area (Å²) in [7, 11) is 0. The number of carbonyl (C=O) groups excluding carboxylic acids is 1. The van der Waals surface area contributed by atoms with Gasteiger partial charge in [0.15, 0.2) is 0 Å². The van der Waals surface area contributed by atoms with Crippen LogP contribution in [0.25, 0.3) is 16.5 Å². The van der Waals surface area contributed by atoms with Crippen LogP contribution in [0, 0.1) is 0 Å². The summed E-state index contributed by atoms with van der Waals surface area (Å²) in [5.74, 6) is -0.313. The predicted octanol–water partition coefficient (Wildman–Crippen LogP) is 1.50. The van der Waals surface area contributed by atoms with Gasteiger partial charge < -0.3 is 15.6 Å². The molecule has 3 N–H and O–H groups in total. The number of aromatic nitrogens is 1. The molecule has 4 nitrogen and oxygen atoms in total. The molecule has 0 spiro atoms. The van der Waals surface area contributed by atoms with Gasteiger partial charge >= 0.3 is 0 Å². The van der Waals surface area contributed by atoms with Gasteiger partial charge in [0.25, 0.3) is 0 Å². The molecule has 98 valence electrons.